The number of fused-ring (bicyclic) bond motifs is 2. The van der Waals surface area contributed by atoms with Crippen LogP contribution >= 0.6 is 15.9 Å². The van der Waals surface area contributed by atoms with Crippen molar-refractivity contribution < 1.29 is 23.8 Å². The Kier molecular flexibility index (Phi) is 6.11. The lowest BCUT2D eigenvalue weighted by atomic mass is 9.79. The minimum Gasteiger partial charge on any atom is -0.490 e. The number of ketones is 1. The molecule has 1 aliphatic heterocycles. The van der Waals surface area contributed by atoms with Crippen molar-refractivity contribution in [2.24, 2.45) is 0 Å². The van der Waals surface area contributed by atoms with Crippen LogP contribution in [0.2, 0.25) is 0 Å². The number of carbonyl (C=O) groups is 2. The molecule has 1 atom stereocenters. The largest absolute Gasteiger partial charge is 0.490 e. The van der Waals surface area contributed by atoms with Gasteiger partial charge in [0.05, 0.1) is 36.1 Å². The van der Waals surface area contributed by atoms with E-state index in [-0.39, 0.29) is 5.78 Å². The van der Waals surface area contributed by atoms with E-state index in [9.17, 15) is 9.59 Å². The summed E-state index contributed by atoms with van der Waals surface area (Å²) in [5.74, 6) is -0.0835. The quantitative estimate of drug-likeness (QED) is 0.566. The van der Waals surface area contributed by atoms with Crippen molar-refractivity contribution in [3.8, 4) is 11.5 Å². The van der Waals surface area contributed by atoms with Crippen molar-refractivity contribution in [1.82, 2.24) is 5.32 Å². The van der Waals surface area contributed by atoms with Crippen molar-refractivity contribution in [2.75, 3.05) is 20.3 Å². The molecule has 0 radical (unpaired) electrons. The highest BCUT2D eigenvalue weighted by Crippen LogP contribution is 2.49. The van der Waals surface area contributed by atoms with Gasteiger partial charge in [0.2, 0.25) is 0 Å². The zero-order valence-corrected chi connectivity index (χ0v) is 20.0. The van der Waals surface area contributed by atoms with Gasteiger partial charge in [0, 0.05) is 28.3 Å². The van der Waals surface area contributed by atoms with E-state index in [0.29, 0.717) is 51.6 Å². The second kappa shape index (κ2) is 8.82. The lowest BCUT2D eigenvalue weighted by Crippen LogP contribution is -2.29. The minimum atomic E-state index is -0.621. The molecule has 0 aromatic heterocycles. The highest BCUT2D eigenvalue weighted by molar-refractivity contribution is 9.10. The molecule has 1 aliphatic carbocycles. The number of methoxy groups -OCH3 is 1. The van der Waals surface area contributed by atoms with E-state index in [0.717, 1.165) is 16.8 Å². The molecule has 0 amide bonds. The smallest absolute Gasteiger partial charge is 0.336 e. The number of hydrogen-bond donors (Lipinski definition) is 1. The number of carbonyl (C=O) groups excluding carboxylic acids is 2. The van der Waals surface area contributed by atoms with Gasteiger partial charge in [-0.25, -0.2) is 4.79 Å². The SMILES string of the molecule is CCOc1cc([C@H]2C(C(=O)OC)=C(C)NC3=C2C(=O)c2ccccc23)cc(Br)c1OCC. The standard InChI is InChI=1S/C25H24BrNO5/c1-5-31-18-12-14(11-17(26)24(18)32-6-2)20-19(25(29)30-4)13(3)27-22-15-9-7-8-10-16(15)23(28)21(20)22/h7-12,20,27H,5-6H2,1-4H3/t20-/m0/s1. The molecule has 0 bridgehead atoms. The van der Waals surface area contributed by atoms with Crippen LogP contribution in [0.25, 0.3) is 5.70 Å². The first kappa shape index (κ1) is 22.1. The summed E-state index contributed by atoms with van der Waals surface area (Å²) < 4.78 is 17.4. The molecule has 6 nitrogen and oxygen atoms in total. The highest BCUT2D eigenvalue weighted by Gasteiger charge is 2.43. The monoisotopic (exact) mass is 497 g/mol. The van der Waals surface area contributed by atoms with Crippen LogP contribution in [0.4, 0.5) is 0 Å². The Hall–Kier alpha value is -3.06. The number of rotatable bonds is 6. The molecule has 0 saturated carbocycles. The third-order valence-electron chi connectivity index (χ3n) is 5.61. The van der Waals surface area contributed by atoms with Gasteiger partial charge in [-0.3, -0.25) is 4.79 Å². The van der Waals surface area contributed by atoms with E-state index in [1.165, 1.54) is 7.11 Å². The van der Waals surface area contributed by atoms with E-state index in [1.807, 2.05) is 57.2 Å². The lowest BCUT2D eigenvalue weighted by Gasteiger charge is -2.29. The van der Waals surface area contributed by atoms with Crippen molar-refractivity contribution in [1.29, 1.82) is 0 Å². The Morgan fingerprint density at radius 3 is 2.44 bits per heavy atom. The van der Waals surface area contributed by atoms with E-state index in [1.54, 1.807) is 0 Å². The zero-order valence-electron chi connectivity index (χ0n) is 18.4. The van der Waals surface area contributed by atoms with Crippen molar-refractivity contribution in [3.63, 3.8) is 0 Å². The van der Waals surface area contributed by atoms with Gasteiger partial charge in [-0.1, -0.05) is 24.3 Å². The molecule has 1 N–H and O–H groups in total. The van der Waals surface area contributed by atoms with Crippen LogP contribution in [-0.4, -0.2) is 32.1 Å². The average molecular weight is 498 g/mol. The van der Waals surface area contributed by atoms with Crippen molar-refractivity contribution in [2.45, 2.75) is 26.7 Å². The molecule has 4 rings (SSSR count). The lowest BCUT2D eigenvalue weighted by molar-refractivity contribution is -0.136. The van der Waals surface area contributed by atoms with Gasteiger partial charge in [-0.2, -0.15) is 0 Å². The van der Waals surface area contributed by atoms with Gasteiger partial charge in [0.15, 0.2) is 17.3 Å². The molecule has 166 valence electrons. The van der Waals surface area contributed by atoms with E-state index >= 15 is 0 Å². The third kappa shape index (κ3) is 3.50. The van der Waals surface area contributed by atoms with Gasteiger partial charge in [0.25, 0.3) is 0 Å². The number of esters is 1. The van der Waals surface area contributed by atoms with Crippen LogP contribution in [0, 0.1) is 0 Å². The van der Waals surface area contributed by atoms with E-state index < -0.39 is 11.9 Å². The molecule has 0 fully saturated rings. The van der Waals surface area contributed by atoms with Crippen LogP contribution in [0.3, 0.4) is 0 Å². The van der Waals surface area contributed by atoms with Gasteiger partial charge >= 0.3 is 5.97 Å². The molecular weight excluding hydrogens is 474 g/mol. The molecule has 7 heteroatoms. The first-order valence-corrected chi connectivity index (χ1v) is 11.3. The fraction of sp³-hybridized carbons (Fsp3) is 0.280. The Bertz CT molecular complexity index is 1180. The zero-order chi connectivity index (χ0) is 23.0. The number of ether oxygens (including phenoxy) is 3. The van der Waals surface area contributed by atoms with Gasteiger partial charge in [-0.05, 0) is 54.4 Å². The number of nitrogens with one attached hydrogen (secondary N) is 1. The molecule has 0 unspecified atom stereocenters. The van der Waals surface area contributed by atoms with Gasteiger partial charge < -0.3 is 19.5 Å². The molecule has 2 aromatic carbocycles. The predicted molar refractivity (Wildman–Crippen MR) is 125 cm³/mol. The topological polar surface area (TPSA) is 73.9 Å². The molecule has 2 aromatic rings. The molecule has 1 heterocycles. The summed E-state index contributed by atoms with van der Waals surface area (Å²) in [6.07, 6.45) is 0. The number of allylic oxidation sites excluding steroid dienone is 2. The summed E-state index contributed by atoms with van der Waals surface area (Å²) in [6, 6.07) is 11.2. The number of benzene rings is 2. The van der Waals surface area contributed by atoms with Crippen LogP contribution in [-0.2, 0) is 9.53 Å². The molecule has 32 heavy (non-hydrogen) atoms. The van der Waals surface area contributed by atoms with E-state index in [4.69, 9.17) is 14.2 Å². The number of hydrogen-bond acceptors (Lipinski definition) is 6. The van der Waals surface area contributed by atoms with Crippen LogP contribution in [0.5, 0.6) is 11.5 Å². The Balaban J connectivity index is 1.96. The van der Waals surface area contributed by atoms with Crippen LogP contribution in [0.1, 0.15) is 48.2 Å². The first-order chi connectivity index (χ1) is 15.4. The summed E-state index contributed by atoms with van der Waals surface area (Å²) in [4.78, 5) is 26.4. The highest BCUT2D eigenvalue weighted by atomic mass is 79.9. The third-order valence-corrected chi connectivity index (χ3v) is 6.20. The number of dihydropyridines is 1. The maximum absolute atomic E-state index is 13.5. The van der Waals surface area contributed by atoms with Crippen LogP contribution in [0.15, 0.2) is 57.7 Å². The fourth-order valence-electron chi connectivity index (χ4n) is 4.34. The Morgan fingerprint density at radius 1 is 1.09 bits per heavy atom. The second-order valence-corrected chi connectivity index (χ2v) is 8.30. The Labute approximate surface area is 195 Å². The molecule has 2 aliphatic rings. The molecule has 0 spiro atoms. The molecular formula is C25H24BrNO5. The molecule has 0 saturated heterocycles. The van der Waals surface area contributed by atoms with Crippen LogP contribution < -0.4 is 14.8 Å². The Morgan fingerprint density at radius 2 is 1.78 bits per heavy atom. The number of halogens is 1. The second-order valence-electron chi connectivity index (χ2n) is 7.45. The summed E-state index contributed by atoms with van der Waals surface area (Å²) in [6.45, 7) is 6.53. The van der Waals surface area contributed by atoms with Crippen molar-refractivity contribution in [3.05, 3.63) is 74.4 Å². The summed E-state index contributed by atoms with van der Waals surface area (Å²) in [7, 11) is 1.34. The minimum absolute atomic E-state index is 0.107. The predicted octanol–water partition coefficient (Wildman–Crippen LogP) is 4.99. The maximum atomic E-state index is 13.5. The number of Topliss-reactive ketones (excluding diaryl/α,β-unsaturated/α-hetero) is 1. The summed E-state index contributed by atoms with van der Waals surface area (Å²) in [5, 5.41) is 3.29. The van der Waals surface area contributed by atoms with Gasteiger partial charge in [0.1, 0.15) is 0 Å². The average Bonchev–Trinajstić information content (AvgIpc) is 3.06. The summed E-state index contributed by atoms with van der Waals surface area (Å²) >= 11 is 3.59. The first-order valence-electron chi connectivity index (χ1n) is 10.5. The van der Waals surface area contributed by atoms with E-state index in [2.05, 4.69) is 21.2 Å². The normalized spacial score (nSPS) is 17.0. The van der Waals surface area contributed by atoms with Gasteiger partial charge in [-0.15, -0.1) is 0 Å². The van der Waals surface area contributed by atoms with Crippen molar-refractivity contribution >= 4 is 33.4 Å². The summed E-state index contributed by atoms with van der Waals surface area (Å²) in [5.41, 5.74) is 4.47. The maximum Gasteiger partial charge on any atom is 0.336 e. The fourth-order valence-corrected chi connectivity index (χ4v) is 4.92.